The number of aliphatic hydroxyl groups excluding tert-OH is 1. The van der Waals surface area contributed by atoms with Crippen LogP contribution in [0.4, 0.5) is 8.78 Å². The minimum absolute atomic E-state index is 0.308. The van der Waals surface area contributed by atoms with Crippen LogP contribution < -0.4 is 0 Å². The van der Waals surface area contributed by atoms with Crippen molar-refractivity contribution in [1.82, 2.24) is 0 Å². The van der Waals surface area contributed by atoms with E-state index in [1.807, 2.05) is 0 Å². The zero-order chi connectivity index (χ0) is 8.91. The van der Waals surface area contributed by atoms with Crippen LogP contribution in [0.15, 0.2) is 0 Å². The second kappa shape index (κ2) is 4.62. The molecular formula is C7H14F2O2. The third-order valence-corrected chi connectivity index (χ3v) is 1.57. The summed E-state index contributed by atoms with van der Waals surface area (Å²) in [5.41, 5.74) is 0. The Labute approximate surface area is 65.2 Å². The van der Waals surface area contributed by atoms with Crippen LogP contribution in [0.2, 0.25) is 0 Å². The molecule has 68 valence electrons. The number of ether oxygens (including phenoxy) is 1. The van der Waals surface area contributed by atoms with Crippen molar-refractivity contribution in [3.05, 3.63) is 0 Å². The topological polar surface area (TPSA) is 29.5 Å². The molecule has 11 heavy (non-hydrogen) atoms. The molecule has 4 heteroatoms. The smallest absolute Gasteiger partial charge is 0.358 e. The normalized spacial score (nSPS) is 15.0. The fourth-order valence-electron chi connectivity index (χ4n) is 0.562. The first-order valence-electron chi connectivity index (χ1n) is 3.67. The summed E-state index contributed by atoms with van der Waals surface area (Å²) in [7, 11) is 0. The van der Waals surface area contributed by atoms with Gasteiger partial charge in [-0.3, -0.25) is 0 Å². The van der Waals surface area contributed by atoms with Gasteiger partial charge in [0.1, 0.15) is 0 Å². The maximum Gasteiger partial charge on any atom is 0.358 e. The van der Waals surface area contributed by atoms with Crippen LogP contribution in [0.3, 0.4) is 0 Å². The fraction of sp³-hybridized carbons (Fsp3) is 1.00. The number of hydrogen-bond donors (Lipinski definition) is 1. The number of alkyl halides is 2. The molecule has 0 radical (unpaired) electrons. The fourth-order valence-corrected chi connectivity index (χ4v) is 0.562. The van der Waals surface area contributed by atoms with Gasteiger partial charge in [-0.15, -0.1) is 0 Å². The van der Waals surface area contributed by atoms with Crippen LogP contribution in [-0.4, -0.2) is 24.4 Å². The molecular weight excluding hydrogens is 154 g/mol. The van der Waals surface area contributed by atoms with Gasteiger partial charge in [-0.25, -0.2) is 0 Å². The molecule has 1 atom stereocenters. The molecule has 0 saturated heterocycles. The first-order chi connectivity index (χ1) is 5.04. The lowest BCUT2D eigenvalue weighted by molar-refractivity contribution is -0.271. The maximum absolute atomic E-state index is 12.7. The Morgan fingerprint density at radius 1 is 1.55 bits per heavy atom. The number of rotatable bonds is 5. The van der Waals surface area contributed by atoms with Crippen LogP contribution in [0.25, 0.3) is 0 Å². The largest absolute Gasteiger partial charge is 0.394 e. The highest BCUT2D eigenvalue weighted by atomic mass is 19.3. The molecule has 1 N–H and O–H groups in total. The predicted molar refractivity (Wildman–Crippen MR) is 37.4 cm³/mol. The molecule has 0 aliphatic heterocycles. The Bertz CT molecular complexity index is 107. The number of halogens is 2. The first kappa shape index (κ1) is 10.8. The lowest BCUT2D eigenvalue weighted by atomic mass is 10.1. The van der Waals surface area contributed by atoms with Gasteiger partial charge >= 0.3 is 6.11 Å². The van der Waals surface area contributed by atoms with Gasteiger partial charge in [0.05, 0.1) is 13.2 Å². The van der Waals surface area contributed by atoms with Gasteiger partial charge in [0.15, 0.2) is 0 Å². The highest BCUT2D eigenvalue weighted by molar-refractivity contribution is 4.61. The molecule has 0 aliphatic carbocycles. The molecule has 0 bridgehead atoms. The van der Waals surface area contributed by atoms with Gasteiger partial charge in [0.2, 0.25) is 0 Å². The molecule has 0 fully saturated rings. The van der Waals surface area contributed by atoms with E-state index in [4.69, 9.17) is 5.11 Å². The van der Waals surface area contributed by atoms with Crippen LogP contribution in [0, 0.1) is 5.92 Å². The Balaban J connectivity index is 3.77. The van der Waals surface area contributed by atoms with Crippen molar-refractivity contribution in [3.63, 3.8) is 0 Å². The average Bonchev–Trinajstić information content (AvgIpc) is 1.99. The SMILES string of the molecule is CCC(C)C(F)(F)OCCO. The van der Waals surface area contributed by atoms with Crippen molar-refractivity contribution in [2.24, 2.45) is 5.92 Å². The Morgan fingerprint density at radius 2 is 2.09 bits per heavy atom. The standard InChI is InChI=1S/C7H14F2O2/c1-3-6(2)7(8,9)11-5-4-10/h6,10H,3-5H2,1-2H3. The van der Waals surface area contributed by atoms with Crippen molar-refractivity contribution in [2.45, 2.75) is 26.4 Å². The summed E-state index contributed by atoms with van der Waals surface area (Å²) in [5, 5.41) is 8.23. The summed E-state index contributed by atoms with van der Waals surface area (Å²) >= 11 is 0. The van der Waals surface area contributed by atoms with Crippen molar-refractivity contribution in [3.8, 4) is 0 Å². The lowest BCUT2D eigenvalue weighted by Crippen LogP contribution is -2.30. The summed E-state index contributed by atoms with van der Waals surface area (Å²) in [6.45, 7) is 2.40. The highest BCUT2D eigenvalue weighted by Crippen LogP contribution is 2.27. The Hall–Kier alpha value is -0.220. The third-order valence-electron chi connectivity index (χ3n) is 1.57. The molecule has 0 rings (SSSR count). The Kier molecular flexibility index (Phi) is 4.52. The molecule has 0 aromatic heterocycles. The summed E-state index contributed by atoms with van der Waals surface area (Å²) in [6.07, 6.45) is -2.74. The molecule has 0 aromatic rings. The van der Waals surface area contributed by atoms with E-state index in [2.05, 4.69) is 4.74 Å². The molecule has 0 aliphatic rings. The van der Waals surface area contributed by atoms with Crippen LogP contribution in [0.1, 0.15) is 20.3 Å². The van der Waals surface area contributed by atoms with E-state index in [9.17, 15) is 8.78 Å². The number of hydrogen-bond acceptors (Lipinski definition) is 2. The lowest BCUT2D eigenvalue weighted by Gasteiger charge is -2.21. The number of aliphatic hydroxyl groups is 1. The van der Waals surface area contributed by atoms with E-state index in [-0.39, 0.29) is 13.2 Å². The first-order valence-corrected chi connectivity index (χ1v) is 3.67. The van der Waals surface area contributed by atoms with Crippen LogP contribution in [0.5, 0.6) is 0 Å². The molecule has 0 amide bonds. The monoisotopic (exact) mass is 168 g/mol. The average molecular weight is 168 g/mol. The van der Waals surface area contributed by atoms with Gasteiger partial charge in [-0.1, -0.05) is 13.8 Å². The van der Waals surface area contributed by atoms with E-state index in [1.165, 1.54) is 6.92 Å². The van der Waals surface area contributed by atoms with Crippen LogP contribution >= 0.6 is 0 Å². The summed E-state index contributed by atoms with van der Waals surface area (Å²) in [4.78, 5) is 0. The minimum atomic E-state index is -3.10. The predicted octanol–water partition coefficient (Wildman–Crippen LogP) is 1.63. The van der Waals surface area contributed by atoms with Gasteiger partial charge < -0.3 is 9.84 Å². The summed E-state index contributed by atoms with van der Waals surface area (Å²) < 4.78 is 29.5. The molecule has 0 aromatic carbocycles. The Morgan fingerprint density at radius 3 is 2.45 bits per heavy atom. The molecule has 0 spiro atoms. The molecule has 0 saturated carbocycles. The highest BCUT2D eigenvalue weighted by Gasteiger charge is 2.35. The zero-order valence-electron chi connectivity index (χ0n) is 6.81. The van der Waals surface area contributed by atoms with E-state index in [0.717, 1.165) is 0 Å². The second-order valence-corrected chi connectivity index (χ2v) is 2.44. The van der Waals surface area contributed by atoms with E-state index in [1.54, 1.807) is 6.92 Å². The maximum atomic E-state index is 12.7. The third kappa shape index (κ3) is 3.62. The van der Waals surface area contributed by atoms with E-state index >= 15 is 0 Å². The second-order valence-electron chi connectivity index (χ2n) is 2.44. The molecule has 0 heterocycles. The van der Waals surface area contributed by atoms with E-state index in [0.29, 0.717) is 6.42 Å². The van der Waals surface area contributed by atoms with Gasteiger partial charge in [-0.05, 0) is 6.42 Å². The summed E-state index contributed by atoms with van der Waals surface area (Å²) in [5.74, 6) is -0.797. The quantitative estimate of drug-likeness (QED) is 0.676. The summed E-state index contributed by atoms with van der Waals surface area (Å²) in [6, 6.07) is 0. The van der Waals surface area contributed by atoms with Gasteiger partial charge in [0, 0.05) is 5.92 Å². The molecule has 1 unspecified atom stereocenters. The molecule has 2 nitrogen and oxygen atoms in total. The van der Waals surface area contributed by atoms with E-state index < -0.39 is 12.0 Å². The van der Waals surface area contributed by atoms with Crippen molar-refractivity contribution >= 4 is 0 Å². The van der Waals surface area contributed by atoms with Crippen molar-refractivity contribution < 1.29 is 18.6 Å². The van der Waals surface area contributed by atoms with Crippen molar-refractivity contribution in [1.29, 1.82) is 0 Å². The van der Waals surface area contributed by atoms with Gasteiger partial charge in [-0.2, -0.15) is 8.78 Å². The van der Waals surface area contributed by atoms with Gasteiger partial charge in [0.25, 0.3) is 0 Å². The van der Waals surface area contributed by atoms with Crippen LogP contribution in [-0.2, 0) is 4.74 Å². The van der Waals surface area contributed by atoms with Crippen molar-refractivity contribution in [2.75, 3.05) is 13.2 Å². The minimum Gasteiger partial charge on any atom is -0.394 e. The zero-order valence-corrected chi connectivity index (χ0v) is 6.81.